The average Bonchev–Trinajstić information content (AvgIpc) is 3.02. The number of methoxy groups -OCH3 is 1. The smallest absolute Gasteiger partial charge is 0.318 e. The first-order valence-corrected chi connectivity index (χ1v) is 7.76. The van der Waals surface area contributed by atoms with Gasteiger partial charge < -0.3 is 19.9 Å². The molecule has 7 heteroatoms. The van der Waals surface area contributed by atoms with E-state index in [1.807, 2.05) is 13.0 Å². The number of ether oxygens (including phenoxy) is 2. The van der Waals surface area contributed by atoms with Crippen molar-refractivity contribution >= 4 is 5.82 Å². The van der Waals surface area contributed by atoms with E-state index in [0.717, 1.165) is 31.7 Å². The highest BCUT2D eigenvalue weighted by Crippen LogP contribution is 2.31. The molecule has 0 aliphatic carbocycles. The van der Waals surface area contributed by atoms with Crippen LogP contribution in [0, 0.1) is 6.92 Å². The molecule has 0 saturated carbocycles. The third-order valence-corrected chi connectivity index (χ3v) is 4.58. The highest BCUT2D eigenvalue weighted by atomic mass is 16.5. The minimum atomic E-state index is -0.383. The van der Waals surface area contributed by atoms with Crippen LogP contribution in [0.1, 0.15) is 18.5 Å². The van der Waals surface area contributed by atoms with Gasteiger partial charge in [0.2, 0.25) is 0 Å². The minimum absolute atomic E-state index is 0.0672. The third kappa shape index (κ3) is 2.88. The third-order valence-electron chi connectivity index (χ3n) is 4.58. The summed E-state index contributed by atoms with van der Waals surface area (Å²) in [7, 11) is 1.55. The van der Waals surface area contributed by atoms with Gasteiger partial charge in [-0.3, -0.25) is 4.90 Å². The predicted molar refractivity (Wildman–Crippen MR) is 82.2 cm³/mol. The Kier molecular flexibility index (Phi) is 4.46. The molecule has 2 saturated heterocycles. The molecule has 0 unspecified atom stereocenters. The van der Waals surface area contributed by atoms with Crippen LogP contribution in [0.5, 0.6) is 6.01 Å². The molecular formula is C15H24N4O3. The van der Waals surface area contributed by atoms with Crippen LogP contribution in [-0.2, 0) is 4.74 Å². The molecule has 2 aliphatic rings. The normalized spacial score (nSPS) is 28.4. The van der Waals surface area contributed by atoms with Crippen molar-refractivity contribution in [1.29, 1.82) is 0 Å². The molecule has 2 fully saturated rings. The van der Waals surface area contributed by atoms with Crippen molar-refractivity contribution < 1.29 is 14.6 Å². The molecule has 2 atom stereocenters. The number of hydrogen-bond acceptors (Lipinski definition) is 7. The Hall–Kier alpha value is -1.44. The molecule has 0 radical (unpaired) electrons. The van der Waals surface area contributed by atoms with Gasteiger partial charge in [-0.2, -0.15) is 4.98 Å². The monoisotopic (exact) mass is 308 g/mol. The maximum atomic E-state index is 10.0. The lowest BCUT2D eigenvalue weighted by molar-refractivity contribution is -0.101. The standard InChI is InChI=1S/C15H24N4O3/c1-11-6-13(18-14(17-11)21-2)16-8-15(9-20)10-22-7-12-4-3-5-19(12)15/h6,12,20H,3-5,7-10H2,1-2H3,(H,16,17,18)/t12-,15+/m0/s1. The average molecular weight is 308 g/mol. The fourth-order valence-corrected chi connectivity index (χ4v) is 3.42. The number of nitrogens with one attached hydrogen (secondary N) is 1. The van der Waals surface area contributed by atoms with Gasteiger partial charge in [0.1, 0.15) is 5.82 Å². The molecule has 1 aromatic heterocycles. The van der Waals surface area contributed by atoms with E-state index in [0.29, 0.717) is 31.0 Å². The Labute approximate surface area is 130 Å². The molecule has 0 bridgehead atoms. The number of aromatic nitrogens is 2. The van der Waals surface area contributed by atoms with Gasteiger partial charge in [-0.05, 0) is 26.3 Å². The summed E-state index contributed by atoms with van der Waals surface area (Å²) in [5, 5.41) is 13.3. The van der Waals surface area contributed by atoms with E-state index in [9.17, 15) is 5.11 Å². The quantitative estimate of drug-likeness (QED) is 0.816. The molecule has 3 rings (SSSR count). The van der Waals surface area contributed by atoms with E-state index < -0.39 is 0 Å². The van der Waals surface area contributed by atoms with Crippen molar-refractivity contribution in [2.24, 2.45) is 0 Å². The zero-order valence-corrected chi connectivity index (χ0v) is 13.2. The van der Waals surface area contributed by atoms with Crippen molar-refractivity contribution in [3.8, 4) is 6.01 Å². The summed E-state index contributed by atoms with van der Waals surface area (Å²) in [5.74, 6) is 0.707. The fourth-order valence-electron chi connectivity index (χ4n) is 3.42. The number of fused-ring (bicyclic) bond motifs is 1. The number of aliphatic hydroxyl groups excluding tert-OH is 1. The Balaban J connectivity index is 1.74. The van der Waals surface area contributed by atoms with Crippen molar-refractivity contribution in [3.05, 3.63) is 11.8 Å². The Morgan fingerprint density at radius 3 is 3.18 bits per heavy atom. The fraction of sp³-hybridized carbons (Fsp3) is 0.733. The zero-order chi connectivity index (χ0) is 15.6. The van der Waals surface area contributed by atoms with Gasteiger partial charge in [-0.25, -0.2) is 4.98 Å². The van der Waals surface area contributed by atoms with Crippen LogP contribution in [0.25, 0.3) is 0 Å². The second-order valence-electron chi connectivity index (χ2n) is 6.12. The van der Waals surface area contributed by atoms with Crippen molar-refractivity contribution in [2.75, 3.05) is 45.3 Å². The number of rotatable bonds is 5. The Bertz CT molecular complexity index is 528. The van der Waals surface area contributed by atoms with Crippen LogP contribution in [0.2, 0.25) is 0 Å². The Morgan fingerprint density at radius 2 is 2.41 bits per heavy atom. The summed E-state index contributed by atoms with van der Waals surface area (Å²) in [6.07, 6.45) is 2.30. The number of morpholine rings is 1. The molecule has 22 heavy (non-hydrogen) atoms. The second-order valence-corrected chi connectivity index (χ2v) is 6.12. The number of nitrogens with zero attached hydrogens (tertiary/aromatic N) is 3. The minimum Gasteiger partial charge on any atom is -0.467 e. The number of hydrogen-bond donors (Lipinski definition) is 2. The van der Waals surface area contributed by atoms with Crippen LogP contribution in [-0.4, -0.2) is 71.6 Å². The van der Waals surface area contributed by atoms with Crippen molar-refractivity contribution in [1.82, 2.24) is 14.9 Å². The SMILES string of the molecule is COc1nc(C)cc(NC[C@@]2(CO)COC[C@@H]3CCCN32)n1. The molecule has 122 valence electrons. The lowest BCUT2D eigenvalue weighted by Crippen LogP contribution is -2.64. The number of anilines is 1. The summed E-state index contributed by atoms with van der Waals surface area (Å²) < 4.78 is 10.8. The maximum Gasteiger partial charge on any atom is 0.318 e. The molecule has 3 heterocycles. The molecule has 7 nitrogen and oxygen atoms in total. The van der Waals surface area contributed by atoms with Crippen LogP contribution in [0.4, 0.5) is 5.82 Å². The molecule has 2 aliphatic heterocycles. The Morgan fingerprint density at radius 1 is 1.55 bits per heavy atom. The largest absolute Gasteiger partial charge is 0.467 e. The van der Waals surface area contributed by atoms with E-state index >= 15 is 0 Å². The van der Waals surface area contributed by atoms with Crippen LogP contribution < -0.4 is 10.1 Å². The van der Waals surface area contributed by atoms with Gasteiger partial charge in [-0.1, -0.05) is 0 Å². The van der Waals surface area contributed by atoms with Gasteiger partial charge in [0.05, 0.1) is 32.5 Å². The molecule has 0 spiro atoms. The first-order chi connectivity index (χ1) is 10.7. The van der Waals surface area contributed by atoms with Crippen LogP contribution in [0.3, 0.4) is 0 Å². The van der Waals surface area contributed by atoms with Gasteiger partial charge in [0, 0.05) is 24.3 Å². The van der Waals surface area contributed by atoms with Gasteiger partial charge in [0.15, 0.2) is 0 Å². The maximum absolute atomic E-state index is 10.0. The predicted octanol–water partition coefficient (Wildman–Crippen LogP) is 0.431. The lowest BCUT2D eigenvalue weighted by Gasteiger charge is -2.47. The molecule has 2 N–H and O–H groups in total. The molecule has 1 aromatic rings. The molecular weight excluding hydrogens is 284 g/mol. The zero-order valence-electron chi connectivity index (χ0n) is 13.2. The van der Waals surface area contributed by atoms with Crippen molar-refractivity contribution in [2.45, 2.75) is 31.3 Å². The van der Waals surface area contributed by atoms with E-state index in [-0.39, 0.29) is 12.1 Å². The van der Waals surface area contributed by atoms with E-state index in [4.69, 9.17) is 9.47 Å². The summed E-state index contributed by atoms with van der Waals surface area (Å²) >= 11 is 0. The molecule has 0 amide bonds. The number of aryl methyl sites for hydroxylation is 1. The first kappa shape index (κ1) is 15.5. The van der Waals surface area contributed by atoms with Crippen LogP contribution >= 0.6 is 0 Å². The van der Waals surface area contributed by atoms with E-state index in [2.05, 4.69) is 20.2 Å². The molecule has 0 aromatic carbocycles. The summed E-state index contributed by atoms with van der Waals surface area (Å²) in [6, 6.07) is 2.64. The second kappa shape index (κ2) is 6.36. The number of aliphatic hydroxyl groups is 1. The summed E-state index contributed by atoms with van der Waals surface area (Å²) in [6.45, 7) is 4.87. The van der Waals surface area contributed by atoms with E-state index in [1.54, 1.807) is 7.11 Å². The van der Waals surface area contributed by atoms with Gasteiger partial charge in [0.25, 0.3) is 0 Å². The van der Waals surface area contributed by atoms with Gasteiger partial charge in [-0.15, -0.1) is 0 Å². The topological polar surface area (TPSA) is 79.7 Å². The van der Waals surface area contributed by atoms with Gasteiger partial charge >= 0.3 is 6.01 Å². The summed E-state index contributed by atoms with van der Waals surface area (Å²) in [5.41, 5.74) is 0.456. The highest BCUT2D eigenvalue weighted by molar-refractivity contribution is 5.37. The van der Waals surface area contributed by atoms with Crippen LogP contribution in [0.15, 0.2) is 6.07 Å². The highest BCUT2D eigenvalue weighted by Gasteiger charge is 2.45. The summed E-state index contributed by atoms with van der Waals surface area (Å²) in [4.78, 5) is 10.9. The lowest BCUT2D eigenvalue weighted by atomic mass is 9.96. The van der Waals surface area contributed by atoms with E-state index in [1.165, 1.54) is 0 Å². The first-order valence-electron chi connectivity index (χ1n) is 7.76. The van der Waals surface area contributed by atoms with Crippen molar-refractivity contribution in [3.63, 3.8) is 0 Å².